The van der Waals surface area contributed by atoms with Crippen LogP contribution < -0.4 is 11.3 Å². The van der Waals surface area contributed by atoms with Crippen LogP contribution in [-0.4, -0.2) is 9.55 Å². The van der Waals surface area contributed by atoms with Crippen molar-refractivity contribution in [2.45, 2.75) is 31.2 Å². The van der Waals surface area contributed by atoms with E-state index < -0.39 is 0 Å². The van der Waals surface area contributed by atoms with Crippen molar-refractivity contribution in [3.63, 3.8) is 0 Å². The highest BCUT2D eigenvalue weighted by molar-refractivity contribution is 5.36. The van der Waals surface area contributed by atoms with Crippen molar-refractivity contribution < 1.29 is 0 Å². The van der Waals surface area contributed by atoms with Gasteiger partial charge in [-0.15, -0.1) is 0 Å². The monoisotopic (exact) mass is 256 g/mol. The maximum Gasteiger partial charge on any atom is 0.105 e. The first kappa shape index (κ1) is 12.4. The average molecular weight is 256 g/mol. The van der Waals surface area contributed by atoms with E-state index in [0.717, 1.165) is 24.4 Å². The largest absolute Gasteiger partial charge is 0.334 e. The van der Waals surface area contributed by atoms with E-state index in [2.05, 4.69) is 45.3 Å². The molecule has 1 aliphatic rings. The Morgan fingerprint density at radius 2 is 2.00 bits per heavy atom. The Bertz CT molecular complexity index is 569. The first-order valence-corrected chi connectivity index (χ1v) is 6.69. The van der Waals surface area contributed by atoms with Crippen LogP contribution in [0.3, 0.4) is 0 Å². The molecule has 4 nitrogen and oxygen atoms in total. The van der Waals surface area contributed by atoms with Crippen molar-refractivity contribution in [3.05, 3.63) is 53.6 Å². The Labute approximate surface area is 113 Å². The molecule has 1 aromatic carbocycles. The lowest BCUT2D eigenvalue weighted by molar-refractivity contribution is 0.419. The minimum Gasteiger partial charge on any atom is -0.334 e. The van der Waals surface area contributed by atoms with Crippen LogP contribution in [0.4, 0.5) is 0 Å². The fraction of sp³-hybridized carbons (Fsp3) is 0.400. The summed E-state index contributed by atoms with van der Waals surface area (Å²) in [6.07, 6.45) is 4.26. The van der Waals surface area contributed by atoms with E-state index in [1.165, 1.54) is 5.56 Å². The molecule has 1 fully saturated rings. The fourth-order valence-electron chi connectivity index (χ4n) is 2.96. The molecule has 19 heavy (non-hydrogen) atoms. The van der Waals surface area contributed by atoms with Gasteiger partial charge in [-0.2, -0.15) is 0 Å². The zero-order chi connectivity index (χ0) is 13.5. The summed E-state index contributed by atoms with van der Waals surface area (Å²) in [5, 5.41) is 0. The highest BCUT2D eigenvalue weighted by atomic mass is 15.3. The predicted molar refractivity (Wildman–Crippen MR) is 75.4 cm³/mol. The van der Waals surface area contributed by atoms with E-state index in [0.29, 0.717) is 0 Å². The maximum absolute atomic E-state index is 5.86. The van der Waals surface area contributed by atoms with Crippen LogP contribution in [0.2, 0.25) is 0 Å². The molecule has 0 amide bonds. The Morgan fingerprint density at radius 1 is 1.32 bits per heavy atom. The first-order valence-electron chi connectivity index (χ1n) is 6.69. The van der Waals surface area contributed by atoms with E-state index in [1.807, 2.05) is 20.2 Å². The molecule has 100 valence electrons. The summed E-state index contributed by atoms with van der Waals surface area (Å²) in [7, 11) is 2.04. The maximum atomic E-state index is 5.86. The number of imidazole rings is 1. The van der Waals surface area contributed by atoms with Gasteiger partial charge in [0.1, 0.15) is 5.82 Å². The van der Waals surface area contributed by atoms with Gasteiger partial charge >= 0.3 is 0 Å². The van der Waals surface area contributed by atoms with Gasteiger partial charge in [-0.05, 0) is 25.3 Å². The summed E-state index contributed by atoms with van der Waals surface area (Å²) >= 11 is 0. The Hall–Kier alpha value is -1.65. The van der Waals surface area contributed by atoms with E-state index in [-0.39, 0.29) is 11.5 Å². The highest BCUT2D eigenvalue weighted by Crippen LogP contribution is 2.56. The Kier molecular flexibility index (Phi) is 2.92. The second-order valence-corrected chi connectivity index (χ2v) is 5.41. The van der Waals surface area contributed by atoms with Gasteiger partial charge in [-0.3, -0.25) is 11.3 Å². The third kappa shape index (κ3) is 1.88. The number of hydrogen-bond donors (Lipinski definition) is 2. The van der Waals surface area contributed by atoms with Crippen molar-refractivity contribution in [1.82, 2.24) is 15.0 Å². The minimum absolute atomic E-state index is 0.112. The molecule has 3 rings (SSSR count). The topological polar surface area (TPSA) is 55.9 Å². The molecule has 0 radical (unpaired) electrons. The van der Waals surface area contributed by atoms with E-state index >= 15 is 0 Å². The number of benzene rings is 1. The van der Waals surface area contributed by atoms with Gasteiger partial charge < -0.3 is 4.57 Å². The van der Waals surface area contributed by atoms with Gasteiger partial charge in [0.05, 0.1) is 17.9 Å². The van der Waals surface area contributed by atoms with Crippen LogP contribution in [0.1, 0.15) is 36.0 Å². The van der Waals surface area contributed by atoms with Gasteiger partial charge in [0.2, 0.25) is 0 Å². The summed E-state index contributed by atoms with van der Waals surface area (Å²) in [6, 6.07) is 10.7. The standard InChI is InChI=1S/C15H20N4/c1-11-17-10-13(19(11)2)14(18-16)15(8-9-15)12-6-4-3-5-7-12/h3-7,10,14,18H,8-9,16H2,1-2H3. The number of aryl methyl sites for hydroxylation is 1. The molecule has 1 aromatic heterocycles. The van der Waals surface area contributed by atoms with Gasteiger partial charge in [0.25, 0.3) is 0 Å². The van der Waals surface area contributed by atoms with Crippen molar-refractivity contribution in [2.24, 2.45) is 12.9 Å². The van der Waals surface area contributed by atoms with Gasteiger partial charge in [-0.1, -0.05) is 30.3 Å². The first-order chi connectivity index (χ1) is 9.19. The number of nitrogens with one attached hydrogen (secondary N) is 1. The van der Waals surface area contributed by atoms with Crippen LogP contribution in [0, 0.1) is 6.92 Å². The normalized spacial score (nSPS) is 18.3. The lowest BCUT2D eigenvalue weighted by Gasteiger charge is -2.27. The molecule has 3 N–H and O–H groups in total. The third-order valence-corrected chi connectivity index (χ3v) is 4.41. The number of rotatable bonds is 4. The second kappa shape index (κ2) is 4.47. The Morgan fingerprint density at radius 3 is 2.47 bits per heavy atom. The van der Waals surface area contributed by atoms with E-state index in [4.69, 9.17) is 5.84 Å². The summed E-state index contributed by atoms with van der Waals surface area (Å²) < 4.78 is 2.12. The van der Waals surface area contributed by atoms with E-state index in [9.17, 15) is 0 Å². The molecular weight excluding hydrogens is 236 g/mol. The highest BCUT2D eigenvalue weighted by Gasteiger charge is 2.51. The average Bonchev–Trinajstić information content (AvgIpc) is 3.18. The zero-order valence-corrected chi connectivity index (χ0v) is 11.4. The SMILES string of the molecule is Cc1ncc(C(NN)C2(c3ccccc3)CC2)n1C. The molecule has 1 saturated carbocycles. The molecule has 0 bridgehead atoms. The Balaban J connectivity index is 2.02. The van der Waals surface area contributed by atoms with Crippen molar-refractivity contribution >= 4 is 0 Å². The van der Waals surface area contributed by atoms with Crippen molar-refractivity contribution in [2.75, 3.05) is 0 Å². The van der Waals surface area contributed by atoms with Crippen molar-refractivity contribution in [3.8, 4) is 0 Å². The van der Waals surface area contributed by atoms with Crippen LogP contribution >= 0.6 is 0 Å². The molecule has 1 aliphatic carbocycles. The molecule has 0 spiro atoms. The number of hydrazine groups is 1. The zero-order valence-electron chi connectivity index (χ0n) is 11.4. The molecule has 1 unspecified atom stereocenters. The third-order valence-electron chi connectivity index (χ3n) is 4.41. The van der Waals surface area contributed by atoms with Gasteiger partial charge in [0.15, 0.2) is 0 Å². The van der Waals surface area contributed by atoms with Gasteiger partial charge in [-0.25, -0.2) is 4.98 Å². The van der Waals surface area contributed by atoms with Gasteiger partial charge in [0, 0.05) is 12.5 Å². The number of aromatic nitrogens is 2. The van der Waals surface area contributed by atoms with Crippen molar-refractivity contribution in [1.29, 1.82) is 0 Å². The summed E-state index contributed by atoms with van der Waals surface area (Å²) in [5.41, 5.74) is 5.65. The molecule has 1 atom stereocenters. The predicted octanol–water partition coefficient (Wildman–Crippen LogP) is 1.96. The second-order valence-electron chi connectivity index (χ2n) is 5.41. The van der Waals surface area contributed by atoms with Crippen LogP contribution in [-0.2, 0) is 12.5 Å². The fourth-order valence-corrected chi connectivity index (χ4v) is 2.96. The number of nitrogens with zero attached hydrogens (tertiary/aromatic N) is 2. The van der Waals surface area contributed by atoms with Crippen LogP contribution in [0.25, 0.3) is 0 Å². The smallest absolute Gasteiger partial charge is 0.105 e. The summed E-state index contributed by atoms with van der Waals surface area (Å²) in [4.78, 5) is 4.39. The van der Waals surface area contributed by atoms with E-state index in [1.54, 1.807) is 0 Å². The lowest BCUT2D eigenvalue weighted by Crippen LogP contribution is -2.38. The van der Waals surface area contributed by atoms with Crippen LogP contribution in [0.5, 0.6) is 0 Å². The number of nitrogens with two attached hydrogens (primary N) is 1. The van der Waals surface area contributed by atoms with Crippen LogP contribution in [0.15, 0.2) is 36.5 Å². The molecule has 0 aliphatic heterocycles. The molecule has 0 saturated heterocycles. The molecule has 2 aromatic rings. The summed E-state index contributed by atoms with van der Waals surface area (Å²) in [5.74, 6) is 6.87. The lowest BCUT2D eigenvalue weighted by atomic mass is 9.86. The molecule has 4 heteroatoms. The molecular formula is C15H20N4. The minimum atomic E-state index is 0.112. The quantitative estimate of drug-likeness (QED) is 0.649. The summed E-state index contributed by atoms with van der Waals surface area (Å²) in [6.45, 7) is 2.01. The molecule has 1 heterocycles. The number of hydrogen-bond acceptors (Lipinski definition) is 3.